The third kappa shape index (κ3) is 5.95. The molecule has 2 atom stereocenters. The first-order chi connectivity index (χ1) is 17.4. The number of aromatic amines is 1. The fraction of sp³-hybridized carbons (Fsp3) is 0.308. The van der Waals surface area contributed by atoms with Crippen LogP contribution in [0, 0.1) is 11.2 Å². The molecule has 1 fully saturated rings. The molecule has 1 aromatic heterocycles. The molecule has 0 saturated carbocycles. The zero-order valence-electron chi connectivity index (χ0n) is 20.5. The molecular formula is C26H28FN3O7. The van der Waals surface area contributed by atoms with Crippen molar-refractivity contribution in [2.45, 2.75) is 32.8 Å². The van der Waals surface area contributed by atoms with E-state index in [0.717, 1.165) is 6.92 Å². The number of rotatable bonds is 6. The van der Waals surface area contributed by atoms with Crippen LogP contribution in [0.3, 0.4) is 0 Å². The largest absolute Gasteiger partial charge is 0.481 e. The lowest BCUT2D eigenvalue weighted by atomic mass is 9.89. The summed E-state index contributed by atoms with van der Waals surface area (Å²) in [6.45, 7) is 4.96. The summed E-state index contributed by atoms with van der Waals surface area (Å²) in [5.41, 5.74) is 6.92. The molecule has 1 aliphatic heterocycles. The number of aromatic carboxylic acids is 1. The number of halogens is 1. The lowest BCUT2D eigenvalue weighted by molar-refractivity contribution is -0.159. The molecule has 1 aliphatic rings. The first kappa shape index (κ1) is 27.3. The lowest BCUT2D eigenvalue weighted by Crippen LogP contribution is -2.38. The van der Waals surface area contributed by atoms with E-state index in [4.69, 9.17) is 25.5 Å². The van der Waals surface area contributed by atoms with E-state index < -0.39 is 47.1 Å². The SMILES string of the molecule is CC(=O)O.CC1(C)CN(c2ccc(C(=O)O)cc2)C(=O)[C@@H]1OC(=O)[C@H](CN)c1c[nH]c2cc(F)ccc12. The molecule has 3 aromatic rings. The number of carboxylic acid groups (broad SMARTS) is 2. The van der Waals surface area contributed by atoms with Crippen molar-refractivity contribution in [2.75, 3.05) is 18.0 Å². The van der Waals surface area contributed by atoms with Gasteiger partial charge >= 0.3 is 11.9 Å². The van der Waals surface area contributed by atoms with Gasteiger partial charge in [-0.15, -0.1) is 0 Å². The van der Waals surface area contributed by atoms with Crippen LogP contribution in [0.1, 0.15) is 42.6 Å². The first-order valence-electron chi connectivity index (χ1n) is 11.4. The van der Waals surface area contributed by atoms with Gasteiger partial charge in [0.05, 0.1) is 11.5 Å². The van der Waals surface area contributed by atoms with Gasteiger partial charge in [-0.1, -0.05) is 13.8 Å². The number of anilines is 1. The third-order valence-corrected chi connectivity index (χ3v) is 6.00. The molecular weight excluding hydrogens is 485 g/mol. The maximum atomic E-state index is 13.5. The van der Waals surface area contributed by atoms with E-state index in [0.29, 0.717) is 22.2 Å². The zero-order valence-corrected chi connectivity index (χ0v) is 20.5. The van der Waals surface area contributed by atoms with Crippen molar-refractivity contribution >= 4 is 40.4 Å². The predicted molar refractivity (Wildman–Crippen MR) is 133 cm³/mol. The van der Waals surface area contributed by atoms with Crippen molar-refractivity contribution < 1.29 is 38.5 Å². The molecule has 10 nitrogen and oxygen atoms in total. The van der Waals surface area contributed by atoms with Crippen molar-refractivity contribution in [1.82, 2.24) is 4.98 Å². The topological polar surface area (TPSA) is 163 Å². The van der Waals surface area contributed by atoms with Crippen LogP contribution >= 0.6 is 0 Å². The van der Waals surface area contributed by atoms with Gasteiger partial charge in [-0.25, -0.2) is 9.18 Å². The van der Waals surface area contributed by atoms with Crippen LogP contribution in [0.2, 0.25) is 0 Å². The first-order valence-corrected chi connectivity index (χ1v) is 11.4. The minimum Gasteiger partial charge on any atom is -0.481 e. The number of fused-ring (bicyclic) bond motifs is 1. The quantitative estimate of drug-likeness (QED) is 0.365. The fourth-order valence-electron chi connectivity index (χ4n) is 4.21. The van der Waals surface area contributed by atoms with Gasteiger partial charge in [0.2, 0.25) is 0 Å². The van der Waals surface area contributed by atoms with Crippen LogP contribution in [0.25, 0.3) is 10.9 Å². The molecule has 4 rings (SSSR count). The number of H-pyrrole nitrogens is 1. The molecule has 0 spiro atoms. The summed E-state index contributed by atoms with van der Waals surface area (Å²) in [6, 6.07) is 10.1. The van der Waals surface area contributed by atoms with Crippen molar-refractivity contribution in [3.8, 4) is 0 Å². The van der Waals surface area contributed by atoms with E-state index in [2.05, 4.69) is 4.98 Å². The van der Waals surface area contributed by atoms with Crippen molar-refractivity contribution in [3.63, 3.8) is 0 Å². The van der Waals surface area contributed by atoms with Crippen LogP contribution < -0.4 is 10.6 Å². The van der Waals surface area contributed by atoms with Crippen LogP contribution in [-0.4, -0.2) is 58.2 Å². The zero-order chi connectivity index (χ0) is 27.5. The second-order valence-corrected chi connectivity index (χ2v) is 9.32. The predicted octanol–water partition coefficient (Wildman–Crippen LogP) is 3.12. The van der Waals surface area contributed by atoms with Gasteiger partial charge < -0.3 is 30.6 Å². The average Bonchev–Trinajstić information content (AvgIpc) is 3.32. The van der Waals surface area contributed by atoms with E-state index in [1.807, 2.05) is 13.8 Å². The summed E-state index contributed by atoms with van der Waals surface area (Å²) < 4.78 is 19.2. The number of benzene rings is 2. The fourth-order valence-corrected chi connectivity index (χ4v) is 4.21. The average molecular weight is 514 g/mol. The van der Waals surface area contributed by atoms with E-state index in [1.165, 1.54) is 29.2 Å². The lowest BCUT2D eigenvalue weighted by Gasteiger charge is -2.25. The highest BCUT2D eigenvalue weighted by atomic mass is 19.1. The molecule has 1 saturated heterocycles. The second-order valence-electron chi connectivity index (χ2n) is 9.32. The van der Waals surface area contributed by atoms with E-state index in [1.54, 1.807) is 24.4 Å². The Morgan fingerprint density at radius 1 is 1.19 bits per heavy atom. The molecule has 2 heterocycles. The number of hydrogen-bond acceptors (Lipinski definition) is 6. The summed E-state index contributed by atoms with van der Waals surface area (Å²) in [6.07, 6.45) is 0.557. The number of aliphatic carboxylic acids is 1. The Balaban J connectivity index is 0.000000886. The van der Waals surface area contributed by atoms with Crippen LogP contribution in [0.15, 0.2) is 48.7 Å². The number of carboxylic acids is 2. The second kappa shape index (κ2) is 10.8. The van der Waals surface area contributed by atoms with Gasteiger partial charge in [0.15, 0.2) is 6.10 Å². The highest BCUT2D eigenvalue weighted by Crippen LogP contribution is 2.37. The number of ether oxygens (including phenoxy) is 1. The van der Waals surface area contributed by atoms with Gasteiger partial charge in [-0.2, -0.15) is 0 Å². The van der Waals surface area contributed by atoms with Crippen LogP contribution in [0.4, 0.5) is 10.1 Å². The Bertz CT molecular complexity index is 1330. The summed E-state index contributed by atoms with van der Waals surface area (Å²) in [5, 5.41) is 17.2. The summed E-state index contributed by atoms with van der Waals surface area (Å²) >= 11 is 0. The number of amides is 1. The van der Waals surface area contributed by atoms with E-state index in [9.17, 15) is 18.8 Å². The molecule has 196 valence electrons. The Morgan fingerprint density at radius 2 is 1.81 bits per heavy atom. The number of nitrogens with two attached hydrogens (primary N) is 1. The third-order valence-electron chi connectivity index (χ3n) is 6.00. The van der Waals surface area contributed by atoms with Gasteiger partial charge in [0, 0.05) is 48.2 Å². The standard InChI is InChI=1S/C24H24FN3O5.C2H4O2/c1-24(2)12-28(15-6-3-13(4-7-15)22(30)31)21(29)20(24)33-23(32)17(10-26)18-11-27-19-9-14(25)5-8-16(18)19;1-2(3)4/h3-9,11,17,20,27H,10,12,26H2,1-2H3,(H,30,31);1H3,(H,3,4)/t17-,20+;/m1./s1. The minimum atomic E-state index is -1.06. The molecule has 0 unspecified atom stereocenters. The van der Waals surface area contributed by atoms with Gasteiger partial charge in [0.25, 0.3) is 11.9 Å². The Hall–Kier alpha value is -4.25. The van der Waals surface area contributed by atoms with Crippen molar-refractivity contribution in [3.05, 3.63) is 65.6 Å². The maximum absolute atomic E-state index is 13.5. The number of nitrogens with one attached hydrogen (secondary N) is 1. The molecule has 0 aliphatic carbocycles. The monoisotopic (exact) mass is 513 g/mol. The molecule has 5 N–H and O–H groups in total. The summed E-state index contributed by atoms with van der Waals surface area (Å²) in [5.74, 6) is -4.17. The normalized spacial score (nSPS) is 17.2. The molecule has 1 amide bonds. The van der Waals surface area contributed by atoms with Gasteiger partial charge in [0.1, 0.15) is 5.82 Å². The molecule has 2 aromatic carbocycles. The van der Waals surface area contributed by atoms with Crippen LogP contribution in [0.5, 0.6) is 0 Å². The smallest absolute Gasteiger partial charge is 0.335 e. The summed E-state index contributed by atoms with van der Waals surface area (Å²) in [4.78, 5) is 50.8. The molecule has 37 heavy (non-hydrogen) atoms. The van der Waals surface area contributed by atoms with E-state index >= 15 is 0 Å². The molecule has 0 bridgehead atoms. The number of carbonyl (C=O) groups is 4. The van der Waals surface area contributed by atoms with Gasteiger partial charge in [-0.3, -0.25) is 14.4 Å². The Morgan fingerprint density at radius 3 is 2.38 bits per heavy atom. The van der Waals surface area contributed by atoms with Gasteiger partial charge in [-0.05, 0) is 48.0 Å². The maximum Gasteiger partial charge on any atom is 0.335 e. The number of aromatic nitrogens is 1. The van der Waals surface area contributed by atoms with Crippen LogP contribution in [-0.2, 0) is 19.1 Å². The summed E-state index contributed by atoms with van der Waals surface area (Å²) in [7, 11) is 0. The molecule has 0 radical (unpaired) electrons. The minimum absolute atomic E-state index is 0.0507. The Labute approximate surface area is 211 Å². The number of carbonyl (C=O) groups excluding carboxylic acids is 2. The highest BCUT2D eigenvalue weighted by Gasteiger charge is 2.50. The van der Waals surface area contributed by atoms with Crippen molar-refractivity contribution in [1.29, 1.82) is 0 Å². The van der Waals surface area contributed by atoms with E-state index in [-0.39, 0.29) is 18.7 Å². The highest BCUT2D eigenvalue weighted by molar-refractivity contribution is 6.02. The number of nitrogens with zero attached hydrogens (tertiary/aromatic N) is 1. The number of hydrogen-bond donors (Lipinski definition) is 4. The van der Waals surface area contributed by atoms with Crippen molar-refractivity contribution in [2.24, 2.45) is 11.1 Å². The molecule has 11 heteroatoms. The Kier molecular flexibility index (Phi) is 7.97. The number of esters is 1.